The van der Waals surface area contributed by atoms with Crippen molar-refractivity contribution in [2.24, 2.45) is 0 Å². The normalized spacial score (nSPS) is 29.5. The molecule has 13 nitrogen and oxygen atoms in total. The topological polar surface area (TPSA) is 188 Å². The molecule has 1 spiro atoms. The molecule has 2 aromatic rings. The van der Waals surface area contributed by atoms with Crippen LogP contribution in [0.1, 0.15) is 46.7 Å². The number of aromatic nitrogens is 1. The Hall–Kier alpha value is -4.39. The van der Waals surface area contributed by atoms with Crippen molar-refractivity contribution >= 4 is 23.7 Å². The van der Waals surface area contributed by atoms with Gasteiger partial charge in [-0.15, -0.1) is 0 Å². The summed E-state index contributed by atoms with van der Waals surface area (Å²) in [7, 11) is 0. The highest BCUT2D eigenvalue weighted by Gasteiger charge is 2.66. The second-order valence-corrected chi connectivity index (χ2v) is 11.3. The lowest BCUT2D eigenvalue weighted by atomic mass is 9.79. The number of aliphatic hydroxyl groups excluding tert-OH is 1. The Labute approximate surface area is 231 Å². The fraction of sp³-hybridized carbons (Fsp3) is 0.444. The summed E-state index contributed by atoms with van der Waals surface area (Å²) in [5.74, 6) is -0.217. The van der Waals surface area contributed by atoms with Gasteiger partial charge in [0.15, 0.2) is 17.6 Å². The molecule has 4 aliphatic heterocycles. The molecule has 1 aromatic carbocycles. The average Bonchev–Trinajstić information content (AvgIpc) is 3.43. The van der Waals surface area contributed by atoms with Crippen LogP contribution in [0.15, 0.2) is 42.6 Å². The van der Waals surface area contributed by atoms with Crippen LogP contribution in [-0.2, 0) is 5.41 Å². The van der Waals surface area contributed by atoms with Crippen molar-refractivity contribution in [3.8, 4) is 5.75 Å². The Kier molecular flexibility index (Phi) is 6.06. The second kappa shape index (κ2) is 9.37. The predicted molar refractivity (Wildman–Crippen MR) is 145 cm³/mol. The van der Waals surface area contributed by atoms with Crippen LogP contribution < -0.4 is 31.3 Å². The zero-order chi connectivity index (χ0) is 28.2. The van der Waals surface area contributed by atoms with E-state index < -0.39 is 29.9 Å². The number of carbonyl (C=O) groups is 2. The van der Waals surface area contributed by atoms with E-state index in [2.05, 4.69) is 45.4 Å². The summed E-state index contributed by atoms with van der Waals surface area (Å²) in [6, 6.07) is 8.64. The molecular formula is C27H33N9O4. The number of nitrogens with zero attached hydrogens (tertiary/aromatic N) is 2. The van der Waals surface area contributed by atoms with E-state index in [0.717, 1.165) is 12.0 Å². The number of fused-ring (bicyclic) bond motifs is 1. The Balaban J connectivity index is 1.23. The van der Waals surface area contributed by atoms with Gasteiger partial charge in [0.05, 0.1) is 30.3 Å². The van der Waals surface area contributed by atoms with E-state index in [1.807, 2.05) is 12.1 Å². The maximum atomic E-state index is 13.5. The van der Waals surface area contributed by atoms with Gasteiger partial charge in [-0.05, 0) is 30.0 Å². The number of ether oxygens (including phenoxy) is 1. The number of rotatable bonds is 5. The van der Waals surface area contributed by atoms with E-state index in [1.165, 1.54) is 6.20 Å². The van der Waals surface area contributed by atoms with Crippen LogP contribution in [-0.4, -0.2) is 88.3 Å². The van der Waals surface area contributed by atoms with Crippen LogP contribution >= 0.6 is 0 Å². The molecule has 8 N–H and O–H groups in total. The van der Waals surface area contributed by atoms with Crippen LogP contribution in [0.3, 0.4) is 0 Å². The van der Waals surface area contributed by atoms with E-state index >= 15 is 0 Å². The van der Waals surface area contributed by atoms with Gasteiger partial charge in [-0.3, -0.25) is 25.4 Å². The highest BCUT2D eigenvalue weighted by atomic mass is 16.5. The highest BCUT2D eigenvalue weighted by molar-refractivity contribution is 5.98. The third-order valence-corrected chi connectivity index (χ3v) is 8.41. The number of hydrogen-bond acceptors (Lipinski definition) is 7. The van der Waals surface area contributed by atoms with Crippen LogP contribution in [0.5, 0.6) is 5.75 Å². The molecule has 0 bridgehead atoms. The van der Waals surface area contributed by atoms with Crippen LogP contribution in [0, 0.1) is 10.8 Å². The fourth-order valence-corrected chi connectivity index (χ4v) is 6.28. The van der Waals surface area contributed by atoms with Crippen molar-refractivity contribution in [2.75, 3.05) is 19.7 Å². The lowest BCUT2D eigenvalue weighted by molar-refractivity contribution is 0.00611. The van der Waals surface area contributed by atoms with E-state index in [1.54, 1.807) is 29.2 Å². The van der Waals surface area contributed by atoms with E-state index in [4.69, 9.17) is 15.6 Å². The SMILES string of the molecule is CC1(C)CCOc2c(C(=O)NC3CN4C(=N)N[C@@H](CNC(=O)c5ccccn5)[C@@H]5NC(=N)NC54[C@@H]3O)cccc21. The van der Waals surface area contributed by atoms with Gasteiger partial charge in [-0.2, -0.15) is 0 Å². The van der Waals surface area contributed by atoms with Crippen molar-refractivity contribution in [3.63, 3.8) is 0 Å². The number of pyridine rings is 1. The number of para-hydroxylation sites is 1. The number of hydrogen-bond donors (Lipinski definition) is 8. The summed E-state index contributed by atoms with van der Waals surface area (Å²) >= 11 is 0. The fourth-order valence-electron chi connectivity index (χ4n) is 6.28. The lowest BCUT2D eigenvalue weighted by Gasteiger charge is -2.49. The lowest BCUT2D eigenvalue weighted by Crippen LogP contribution is -2.78. The molecule has 5 atom stereocenters. The van der Waals surface area contributed by atoms with Gasteiger partial charge in [0.1, 0.15) is 17.5 Å². The zero-order valence-electron chi connectivity index (χ0n) is 22.2. The monoisotopic (exact) mass is 547 g/mol. The first-order chi connectivity index (χ1) is 19.1. The molecule has 5 heterocycles. The third kappa shape index (κ3) is 3.99. The number of guanidine groups is 2. The van der Waals surface area contributed by atoms with E-state index in [0.29, 0.717) is 17.9 Å². The Morgan fingerprint density at radius 2 is 2.00 bits per heavy atom. The summed E-state index contributed by atoms with van der Waals surface area (Å²) in [6.07, 6.45) is 1.18. The first-order valence-electron chi connectivity index (χ1n) is 13.3. The van der Waals surface area contributed by atoms with Crippen molar-refractivity contribution < 1.29 is 19.4 Å². The van der Waals surface area contributed by atoms with Gasteiger partial charge >= 0.3 is 0 Å². The molecule has 2 amide bonds. The van der Waals surface area contributed by atoms with Gasteiger partial charge in [0.2, 0.25) is 0 Å². The molecule has 13 heteroatoms. The van der Waals surface area contributed by atoms with Crippen LogP contribution in [0.25, 0.3) is 0 Å². The van der Waals surface area contributed by atoms with Gasteiger partial charge in [0.25, 0.3) is 11.8 Å². The molecule has 0 saturated carbocycles. The molecule has 0 aliphatic carbocycles. The van der Waals surface area contributed by atoms with Crippen molar-refractivity contribution in [1.82, 2.24) is 36.5 Å². The van der Waals surface area contributed by atoms with Crippen molar-refractivity contribution in [2.45, 2.75) is 55.6 Å². The average molecular weight is 548 g/mol. The van der Waals surface area contributed by atoms with Crippen LogP contribution in [0.4, 0.5) is 0 Å². The van der Waals surface area contributed by atoms with E-state index in [-0.39, 0.29) is 47.9 Å². The molecule has 3 fully saturated rings. The number of carbonyl (C=O) groups excluding carboxylic acids is 2. The first-order valence-corrected chi connectivity index (χ1v) is 13.3. The maximum Gasteiger partial charge on any atom is 0.269 e. The number of aliphatic hydroxyl groups is 1. The van der Waals surface area contributed by atoms with Crippen molar-refractivity contribution in [1.29, 1.82) is 10.8 Å². The summed E-state index contributed by atoms with van der Waals surface area (Å²) in [6.45, 7) is 4.98. The van der Waals surface area contributed by atoms with Gasteiger partial charge in [-0.1, -0.05) is 32.0 Å². The second-order valence-electron chi connectivity index (χ2n) is 11.3. The summed E-state index contributed by atoms with van der Waals surface area (Å²) in [5.41, 5.74) is 0.197. The summed E-state index contributed by atoms with van der Waals surface area (Å²) < 4.78 is 5.92. The molecule has 3 saturated heterocycles. The minimum absolute atomic E-state index is 0.00954. The Bertz CT molecular complexity index is 1380. The number of benzene rings is 1. The number of amides is 2. The van der Waals surface area contributed by atoms with Crippen LogP contribution in [0.2, 0.25) is 0 Å². The van der Waals surface area contributed by atoms with Gasteiger partial charge < -0.3 is 41.3 Å². The third-order valence-electron chi connectivity index (χ3n) is 8.41. The number of nitrogens with one attached hydrogen (secondary N) is 7. The molecule has 1 aromatic heterocycles. The Morgan fingerprint density at radius 1 is 1.18 bits per heavy atom. The maximum absolute atomic E-state index is 13.5. The largest absolute Gasteiger partial charge is 0.492 e. The minimum Gasteiger partial charge on any atom is -0.492 e. The smallest absolute Gasteiger partial charge is 0.269 e. The highest BCUT2D eigenvalue weighted by Crippen LogP contribution is 2.41. The molecule has 40 heavy (non-hydrogen) atoms. The minimum atomic E-state index is -1.29. The quantitative estimate of drug-likeness (QED) is 0.243. The van der Waals surface area contributed by atoms with Crippen molar-refractivity contribution in [3.05, 3.63) is 59.4 Å². The van der Waals surface area contributed by atoms with Gasteiger partial charge in [-0.25, -0.2) is 0 Å². The summed E-state index contributed by atoms with van der Waals surface area (Å²) in [4.78, 5) is 31.8. The first kappa shape index (κ1) is 25.9. The summed E-state index contributed by atoms with van der Waals surface area (Å²) in [5, 5.41) is 43.6. The molecule has 6 rings (SSSR count). The molecular weight excluding hydrogens is 514 g/mol. The van der Waals surface area contributed by atoms with E-state index in [9.17, 15) is 14.7 Å². The van der Waals surface area contributed by atoms with Gasteiger partial charge in [0, 0.05) is 24.8 Å². The molecule has 4 aliphatic rings. The Morgan fingerprint density at radius 3 is 2.77 bits per heavy atom. The molecule has 2 unspecified atom stereocenters. The molecule has 0 radical (unpaired) electrons. The molecule has 210 valence electrons. The zero-order valence-corrected chi connectivity index (χ0v) is 22.2. The predicted octanol–water partition coefficient (Wildman–Crippen LogP) is -0.554. The standard InChI is InChI=1S/C27H33N9O4/c1-26(2)9-11-40-19-14(6-5-7-15(19)26)22(38)32-18-13-36-25(29)33-17(12-31-23(39)16-8-3-4-10-30-16)20-27(36,21(18)37)35-24(28)34-20/h3-8,10,17-18,20-21,37H,9,11-13H2,1-2H3,(H2,29,33)(H,31,39)(H,32,38)(H3,28,34,35)/t17-,18?,20-,21+,27?/m0/s1.